The lowest BCUT2D eigenvalue weighted by molar-refractivity contribution is -0.150. The van der Waals surface area contributed by atoms with Crippen molar-refractivity contribution in [3.05, 3.63) is 0 Å². The molecule has 298 valence electrons. The molecule has 1 saturated heterocycles. The zero-order valence-corrected chi connectivity index (χ0v) is 34.6. The van der Waals surface area contributed by atoms with Gasteiger partial charge in [-0.3, -0.25) is 24.0 Å². The van der Waals surface area contributed by atoms with E-state index >= 15 is 4.79 Å². The third-order valence-electron chi connectivity index (χ3n) is 15.2. The molecule has 6 aliphatic rings. The maximum Gasteiger partial charge on any atom is 0.227 e. The van der Waals surface area contributed by atoms with Gasteiger partial charge in [0, 0.05) is 38.1 Å². The summed E-state index contributed by atoms with van der Waals surface area (Å²) in [5.41, 5.74) is -1.10. The van der Waals surface area contributed by atoms with Gasteiger partial charge in [-0.15, -0.1) is 0 Å². The Hall–Kier alpha value is -1.90. The highest BCUT2D eigenvalue weighted by Gasteiger charge is 2.69. The third-order valence-corrected chi connectivity index (χ3v) is 18.0. The van der Waals surface area contributed by atoms with Gasteiger partial charge in [0.15, 0.2) is 21.4 Å². The standard InChI is InChI=1S/C44H69NO7S/c1-41(2,3)53(51,52)28-44(21-11-8-12-22-44)26-32(46)25-33(43(6)19-9-7-10-20-43)40(50)45-27-34-37(42(34,4)5)38(45)35(47)24-31(18-17-29-13-14-29)39(49)36(48)23-30-15-16-30/h29-31,33-34,37-38H,7-28H2,1-6H3/t31-,33-,34?,37+,38-/m1/s1. The van der Waals surface area contributed by atoms with E-state index < -0.39 is 49.1 Å². The van der Waals surface area contributed by atoms with Crippen molar-refractivity contribution in [3.63, 3.8) is 0 Å². The van der Waals surface area contributed by atoms with Crippen LogP contribution in [0.4, 0.5) is 0 Å². The molecule has 0 aromatic rings. The van der Waals surface area contributed by atoms with Gasteiger partial charge in [-0.2, -0.15) is 0 Å². The highest BCUT2D eigenvalue weighted by molar-refractivity contribution is 7.92. The average molecular weight is 756 g/mol. The maximum absolute atomic E-state index is 15.1. The summed E-state index contributed by atoms with van der Waals surface area (Å²) in [5, 5.41) is 0. The summed E-state index contributed by atoms with van der Waals surface area (Å²) < 4.78 is 26.2. The molecule has 1 heterocycles. The van der Waals surface area contributed by atoms with Crippen molar-refractivity contribution in [1.82, 2.24) is 4.90 Å². The van der Waals surface area contributed by atoms with Crippen LogP contribution in [0.3, 0.4) is 0 Å². The van der Waals surface area contributed by atoms with Crippen LogP contribution < -0.4 is 0 Å². The molecule has 6 rings (SSSR count). The van der Waals surface area contributed by atoms with E-state index in [-0.39, 0.29) is 71.9 Å². The van der Waals surface area contributed by atoms with Crippen LogP contribution >= 0.6 is 0 Å². The molecule has 0 radical (unpaired) electrons. The van der Waals surface area contributed by atoms with Gasteiger partial charge < -0.3 is 4.90 Å². The second kappa shape index (κ2) is 15.2. The van der Waals surface area contributed by atoms with Crippen molar-refractivity contribution in [2.75, 3.05) is 12.3 Å². The Morgan fingerprint density at radius 1 is 0.792 bits per heavy atom. The number of amides is 1. The number of piperidine rings is 1. The predicted molar refractivity (Wildman–Crippen MR) is 207 cm³/mol. The number of likely N-dealkylation sites (tertiary alicyclic amines) is 1. The lowest BCUT2D eigenvalue weighted by Gasteiger charge is -2.44. The molecule has 53 heavy (non-hydrogen) atoms. The van der Waals surface area contributed by atoms with Gasteiger partial charge in [0.25, 0.3) is 0 Å². The molecule has 5 atom stereocenters. The summed E-state index contributed by atoms with van der Waals surface area (Å²) in [6, 6.07) is -0.649. The number of fused-ring (bicyclic) bond motifs is 1. The number of Topliss-reactive ketones (excluding diaryl/α,β-unsaturated/α-hetero) is 4. The molecular formula is C44H69NO7S. The van der Waals surface area contributed by atoms with Crippen LogP contribution in [0.15, 0.2) is 0 Å². The summed E-state index contributed by atoms with van der Waals surface area (Å²) in [4.78, 5) is 72.4. The molecule has 0 spiro atoms. The Morgan fingerprint density at radius 2 is 1.38 bits per heavy atom. The van der Waals surface area contributed by atoms with Crippen LogP contribution in [0.1, 0.15) is 170 Å². The van der Waals surface area contributed by atoms with Crippen LogP contribution in [0.2, 0.25) is 0 Å². The van der Waals surface area contributed by atoms with Crippen molar-refractivity contribution in [3.8, 4) is 0 Å². The van der Waals surface area contributed by atoms with Crippen LogP contribution in [0, 0.1) is 51.8 Å². The van der Waals surface area contributed by atoms with Gasteiger partial charge in [-0.05, 0) is 112 Å². The van der Waals surface area contributed by atoms with E-state index in [1.807, 2.05) is 0 Å². The van der Waals surface area contributed by atoms with Crippen LogP contribution in [0.5, 0.6) is 0 Å². The van der Waals surface area contributed by atoms with E-state index in [0.717, 1.165) is 83.5 Å². The Bertz CT molecular complexity index is 1530. The first-order valence-corrected chi connectivity index (χ1v) is 23.1. The SMILES string of the molecule is CC1([C@H](CC(=O)CC2(CS(=O)(=O)C(C)(C)C)CCCCC2)C(=O)N2CC3[C@@H]([C@H]2C(=O)C[C@@H](CCC2CC2)C(=O)C(=O)CC2CC2)C3(C)C)CCCCC1. The van der Waals surface area contributed by atoms with E-state index in [2.05, 4.69) is 20.8 Å². The fourth-order valence-electron chi connectivity index (χ4n) is 10.9. The van der Waals surface area contributed by atoms with E-state index in [0.29, 0.717) is 37.6 Å². The van der Waals surface area contributed by atoms with E-state index in [9.17, 15) is 27.6 Å². The number of nitrogens with zero attached hydrogens (tertiary/aromatic N) is 1. The molecular weight excluding hydrogens is 687 g/mol. The van der Waals surface area contributed by atoms with Gasteiger partial charge in [0.1, 0.15) is 5.78 Å². The molecule has 5 aliphatic carbocycles. The quantitative estimate of drug-likeness (QED) is 0.129. The highest BCUT2D eigenvalue weighted by atomic mass is 32.2. The Labute approximate surface area is 320 Å². The maximum atomic E-state index is 15.1. The number of sulfone groups is 1. The molecule has 0 aromatic carbocycles. The topological polar surface area (TPSA) is 123 Å². The fourth-order valence-corrected chi connectivity index (χ4v) is 12.5. The largest absolute Gasteiger partial charge is 0.332 e. The zero-order valence-electron chi connectivity index (χ0n) is 33.8. The minimum Gasteiger partial charge on any atom is -0.332 e. The van der Waals surface area contributed by atoms with Gasteiger partial charge in [0.2, 0.25) is 11.7 Å². The molecule has 6 fully saturated rings. The molecule has 0 N–H and O–H groups in total. The van der Waals surface area contributed by atoms with Crippen molar-refractivity contribution < 1.29 is 32.4 Å². The van der Waals surface area contributed by atoms with Crippen molar-refractivity contribution in [1.29, 1.82) is 0 Å². The minimum absolute atomic E-state index is 0.00133. The van der Waals surface area contributed by atoms with Crippen molar-refractivity contribution in [2.24, 2.45) is 51.8 Å². The fraction of sp³-hybridized carbons (Fsp3) is 0.886. The molecule has 9 heteroatoms. The first kappa shape index (κ1) is 40.8. The van der Waals surface area contributed by atoms with Gasteiger partial charge in [-0.25, -0.2) is 8.42 Å². The van der Waals surface area contributed by atoms with Gasteiger partial charge in [0.05, 0.1) is 22.5 Å². The zero-order chi connectivity index (χ0) is 38.6. The summed E-state index contributed by atoms with van der Waals surface area (Å²) >= 11 is 0. The summed E-state index contributed by atoms with van der Waals surface area (Å²) in [6.07, 6.45) is 15.2. The summed E-state index contributed by atoms with van der Waals surface area (Å²) in [5.74, 6) is -1.13. The molecule has 0 bridgehead atoms. The number of ketones is 4. The molecule has 1 unspecified atom stereocenters. The van der Waals surface area contributed by atoms with E-state index in [1.165, 1.54) is 0 Å². The monoisotopic (exact) mass is 755 g/mol. The van der Waals surface area contributed by atoms with E-state index in [1.54, 1.807) is 25.7 Å². The number of hydrogen-bond donors (Lipinski definition) is 0. The molecule has 0 aromatic heterocycles. The summed E-state index contributed by atoms with van der Waals surface area (Å²) in [7, 11) is -3.46. The molecule has 1 aliphatic heterocycles. The number of carbonyl (C=O) groups excluding carboxylic acids is 5. The molecule has 5 saturated carbocycles. The van der Waals surface area contributed by atoms with Crippen LogP contribution in [0.25, 0.3) is 0 Å². The van der Waals surface area contributed by atoms with Crippen molar-refractivity contribution in [2.45, 2.75) is 181 Å². The average Bonchev–Trinajstić information content (AvgIpc) is 4.04. The first-order valence-electron chi connectivity index (χ1n) is 21.4. The smallest absolute Gasteiger partial charge is 0.227 e. The third kappa shape index (κ3) is 9.06. The number of hydrogen-bond acceptors (Lipinski definition) is 7. The Kier molecular flexibility index (Phi) is 11.7. The Morgan fingerprint density at radius 3 is 1.94 bits per heavy atom. The second-order valence-corrected chi connectivity index (χ2v) is 23.6. The number of rotatable bonds is 18. The Balaban J connectivity index is 1.23. The first-order chi connectivity index (χ1) is 24.8. The van der Waals surface area contributed by atoms with Gasteiger partial charge >= 0.3 is 0 Å². The molecule has 1 amide bonds. The predicted octanol–water partition coefficient (Wildman–Crippen LogP) is 8.27. The second-order valence-electron chi connectivity index (χ2n) is 20.8. The minimum atomic E-state index is -3.46. The number of carbonyl (C=O) groups is 5. The van der Waals surface area contributed by atoms with Crippen LogP contribution in [-0.4, -0.2) is 65.4 Å². The lowest BCUT2D eigenvalue weighted by atomic mass is 9.64. The van der Waals surface area contributed by atoms with E-state index in [4.69, 9.17) is 0 Å². The molecule has 8 nitrogen and oxygen atoms in total. The normalized spacial score (nSPS) is 28.8. The van der Waals surface area contributed by atoms with Gasteiger partial charge in [-0.1, -0.05) is 72.1 Å². The van der Waals surface area contributed by atoms with Crippen molar-refractivity contribution >= 4 is 38.9 Å². The highest BCUT2D eigenvalue weighted by Crippen LogP contribution is 2.65. The lowest BCUT2D eigenvalue weighted by Crippen LogP contribution is -2.52. The van der Waals surface area contributed by atoms with Crippen LogP contribution in [-0.2, 0) is 33.8 Å². The summed E-state index contributed by atoms with van der Waals surface area (Å²) in [6.45, 7) is 12.2.